The minimum absolute atomic E-state index is 0.0902. The molecule has 0 aromatic carbocycles. The summed E-state index contributed by atoms with van der Waals surface area (Å²) in [6.07, 6.45) is 3.73. The van der Waals surface area contributed by atoms with Gasteiger partial charge >= 0.3 is 0 Å². The Kier molecular flexibility index (Phi) is 3.79. The molecule has 0 amide bonds. The van der Waals surface area contributed by atoms with Crippen molar-refractivity contribution < 1.29 is 0 Å². The Morgan fingerprint density at radius 1 is 1.41 bits per heavy atom. The summed E-state index contributed by atoms with van der Waals surface area (Å²) in [7, 11) is 0. The summed E-state index contributed by atoms with van der Waals surface area (Å²) in [5, 5.41) is 17.6. The maximum Gasteiger partial charge on any atom is 0.232 e. The van der Waals surface area contributed by atoms with E-state index < -0.39 is 0 Å². The zero-order valence-corrected chi connectivity index (χ0v) is 12.9. The molecule has 92 valence electrons. The van der Waals surface area contributed by atoms with Gasteiger partial charge in [-0.05, 0) is 43.4 Å². The van der Waals surface area contributed by atoms with Crippen molar-refractivity contribution in [2.75, 3.05) is 0 Å². The first-order chi connectivity index (χ1) is 7.94. The normalized spacial score (nSPS) is 12.0. The first-order valence-electron chi connectivity index (χ1n) is 5.22. The van der Waals surface area contributed by atoms with Gasteiger partial charge < -0.3 is 5.32 Å². The van der Waals surface area contributed by atoms with Crippen LogP contribution in [0.1, 0.15) is 25.8 Å². The van der Waals surface area contributed by atoms with E-state index in [4.69, 9.17) is 0 Å². The second-order valence-electron chi connectivity index (χ2n) is 4.69. The van der Waals surface area contributed by atoms with Crippen molar-refractivity contribution in [1.82, 2.24) is 25.3 Å². The van der Waals surface area contributed by atoms with E-state index in [9.17, 15) is 0 Å². The quantitative estimate of drug-likeness (QED) is 0.850. The summed E-state index contributed by atoms with van der Waals surface area (Å²) < 4.78 is 2.84. The number of nitrogens with one attached hydrogen (secondary N) is 1. The van der Waals surface area contributed by atoms with E-state index in [0.717, 1.165) is 20.3 Å². The summed E-state index contributed by atoms with van der Waals surface area (Å²) in [5.41, 5.74) is 0.0902. The molecule has 2 rings (SSSR count). The van der Waals surface area contributed by atoms with Crippen LogP contribution in [0.5, 0.6) is 0 Å². The van der Waals surface area contributed by atoms with Crippen molar-refractivity contribution in [2.45, 2.75) is 32.9 Å². The topological polar surface area (TPSA) is 55.6 Å². The molecule has 0 spiro atoms. The average molecular weight is 363 g/mol. The van der Waals surface area contributed by atoms with Gasteiger partial charge in [0.05, 0.1) is 16.3 Å². The van der Waals surface area contributed by atoms with E-state index in [1.807, 2.05) is 6.20 Å². The Labute approximate surface area is 118 Å². The van der Waals surface area contributed by atoms with Crippen LogP contribution < -0.4 is 5.32 Å². The van der Waals surface area contributed by atoms with Gasteiger partial charge in [0.1, 0.15) is 5.01 Å². The van der Waals surface area contributed by atoms with E-state index in [0.29, 0.717) is 0 Å². The second-order valence-corrected chi connectivity index (χ2v) is 6.97. The molecule has 2 heterocycles. The number of hydrogen-bond donors (Lipinski definition) is 1. The highest BCUT2D eigenvalue weighted by atomic mass is 127. The maximum absolute atomic E-state index is 4.20. The molecular weight excluding hydrogens is 349 g/mol. The molecule has 0 atom stereocenters. The van der Waals surface area contributed by atoms with Crippen molar-refractivity contribution in [1.29, 1.82) is 0 Å². The maximum atomic E-state index is 4.20. The molecular formula is C10H14IN5S. The third-order valence-corrected chi connectivity index (χ3v) is 3.44. The largest absolute Gasteiger partial charge is 0.306 e. The Morgan fingerprint density at radius 3 is 2.76 bits per heavy atom. The van der Waals surface area contributed by atoms with Gasteiger partial charge in [0.15, 0.2) is 0 Å². The first kappa shape index (κ1) is 12.9. The molecule has 0 unspecified atom stereocenters. The lowest BCUT2D eigenvalue weighted by molar-refractivity contribution is 0.423. The van der Waals surface area contributed by atoms with Crippen molar-refractivity contribution in [3.63, 3.8) is 0 Å². The average Bonchev–Trinajstić information content (AvgIpc) is 2.81. The van der Waals surface area contributed by atoms with Gasteiger partial charge in [0.2, 0.25) is 5.13 Å². The molecule has 5 nitrogen and oxygen atoms in total. The Balaban J connectivity index is 2.06. The first-order valence-corrected chi connectivity index (χ1v) is 7.11. The van der Waals surface area contributed by atoms with Gasteiger partial charge in [-0.1, -0.05) is 11.3 Å². The zero-order chi connectivity index (χ0) is 12.5. The monoisotopic (exact) mass is 363 g/mol. The van der Waals surface area contributed by atoms with Gasteiger partial charge in [-0.2, -0.15) is 5.10 Å². The van der Waals surface area contributed by atoms with Gasteiger partial charge in [0, 0.05) is 11.7 Å². The molecule has 0 fully saturated rings. The van der Waals surface area contributed by atoms with Crippen LogP contribution >= 0.6 is 33.9 Å². The highest BCUT2D eigenvalue weighted by Gasteiger charge is 2.12. The lowest BCUT2D eigenvalue weighted by atomic mass is 10.1. The van der Waals surface area contributed by atoms with Crippen LogP contribution in [0.4, 0.5) is 0 Å². The number of halogens is 1. The summed E-state index contributed by atoms with van der Waals surface area (Å²) in [6, 6.07) is 0. The van der Waals surface area contributed by atoms with E-state index in [-0.39, 0.29) is 5.54 Å². The van der Waals surface area contributed by atoms with Crippen LogP contribution in [0.15, 0.2) is 12.4 Å². The lowest BCUT2D eigenvalue weighted by Crippen LogP contribution is -2.35. The van der Waals surface area contributed by atoms with Gasteiger partial charge in [-0.15, -0.1) is 10.2 Å². The summed E-state index contributed by atoms with van der Waals surface area (Å²) in [4.78, 5) is 0. The molecule has 0 saturated heterocycles. The molecule has 7 heteroatoms. The second kappa shape index (κ2) is 4.99. The molecule has 0 bridgehead atoms. The summed E-state index contributed by atoms with van der Waals surface area (Å²) in [6.45, 7) is 7.12. The molecule has 0 aliphatic carbocycles. The molecule has 0 saturated carbocycles. The minimum atomic E-state index is 0.0902. The van der Waals surface area contributed by atoms with Crippen molar-refractivity contribution in [3.8, 4) is 5.13 Å². The van der Waals surface area contributed by atoms with Crippen LogP contribution in [-0.2, 0) is 6.54 Å². The molecule has 2 aromatic rings. The summed E-state index contributed by atoms with van der Waals surface area (Å²) in [5.74, 6) is 0. The number of rotatable bonds is 3. The minimum Gasteiger partial charge on any atom is -0.306 e. The van der Waals surface area contributed by atoms with Crippen LogP contribution in [0, 0.1) is 3.57 Å². The van der Waals surface area contributed by atoms with E-state index in [1.165, 1.54) is 0 Å². The smallest absolute Gasteiger partial charge is 0.232 e. The Hall–Kier alpha value is -0.540. The lowest BCUT2D eigenvalue weighted by Gasteiger charge is -2.19. The van der Waals surface area contributed by atoms with Crippen LogP contribution in [0.25, 0.3) is 5.13 Å². The van der Waals surface area contributed by atoms with Crippen LogP contribution in [0.3, 0.4) is 0 Å². The predicted molar refractivity (Wildman–Crippen MR) is 76.3 cm³/mol. The molecule has 0 radical (unpaired) electrons. The summed E-state index contributed by atoms with van der Waals surface area (Å²) >= 11 is 3.77. The highest BCUT2D eigenvalue weighted by molar-refractivity contribution is 14.1. The van der Waals surface area contributed by atoms with Crippen molar-refractivity contribution in [2.24, 2.45) is 0 Å². The Morgan fingerprint density at radius 2 is 2.18 bits per heavy atom. The molecule has 1 N–H and O–H groups in total. The van der Waals surface area contributed by atoms with Gasteiger partial charge in [0.25, 0.3) is 0 Å². The molecule has 0 aliphatic heterocycles. The number of hydrogen-bond acceptors (Lipinski definition) is 5. The van der Waals surface area contributed by atoms with Crippen molar-refractivity contribution >= 4 is 33.9 Å². The molecule has 2 aromatic heterocycles. The molecule has 0 aliphatic rings. The Bertz CT molecular complexity index is 499. The standard InChI is InChI=1S/C10H14IN5S/c1-10(2,3)12-5-8-14-15-9(17-8)16-6-7(11)4-13-16/h4,6,12H,5H2,1-3H3. The van der Waals surface area contributed by atoms with E-state index >= 15 is 0 Å². The fourth-order valence-electron chi connectivity index (χ4n) is 1.15. The third-order valence-electron chi connectivity index (χ3n) is 1.97. The fraction of sp³-hybridized carbons (Fsp3) is 0.500. The SMILES string of the molecule is CC(C)(C)NCc1nnc(-n2cc(I)cn2)s1. The fourth-order valence-corrected chi connectivity index (χ4v) is 2.26. The number of nitrogens with zero attached hydrogens (tertiary/aromatic N) is 4. The highest BCUT2D eigenvalue weighted by Crippen LogP contribution is 2.15. The van der Waals surface area contributed by atoms with Crippen LogP contribution in [-0.4, -0.2) is 25.5 Å². The zero-order valence-electron chi connectivity index (χ0n) is 9.94. The number of aromatic nitrogens is 4. The van der Waals surface area contributed by atoms with E-state index in [1.54, 1.807) is 22.2 Å². The van der Waals surface area contributed by atoms with E-state index in [2.05, 4.69) is 64.0 Å². The van der Waals surface area contributed by atoms with Gasteiger partial charge in [-0.25, -0.2) is 4.68 Å². The van der Waals surface area contributed by atoms with Crippen molar-refractivity contribution in [3.05, 3.63) is 21.0 Å². The third kappa shape index (κ3) is 3.71. The molecule has 17 heavy (non-hydrogen) atoms. The predicted octanol–water partition coefficient (Wildman–Crippen LogP) is 2.22. The van der Waals surface area contributed by atoms with Crippen LogP contribution in [0.2, 0.25) is 0 Å². The van der Waals surface area contributed by atoms with Gasteiger partial charge in [-0.3, -0.25) is 0 Å².